The summed E-state index contributed by atoms with van der Waals surface area (Å²) >= 11 is 1.37. The number of rotatable bonds is 3. The molecule has 1 aliphatic carbocycles. The fourth-order valence-corrected chi connectivity index (χ4v) is 3.29. The molecule has 19 heavy (non-hydrogen) atoms. The van der Waals surface area contributed by atoms with E-state index in [1.165, 1.54) is 30.6 Å². The van der Waals surface area contributed by atoms with Crippen LogP contribution in [0.5, 0.6) is 0 Å². The van der Waals surface area contributed by atoms with E-state index in [1.54, 1.807) is 6.07 Å². The van der Waals surface area contributed by atoms with Crippen LogP contribution in [0.1, 0.15) is 40.7 Å². The van der Waals surface area contributed by atoms with E-state index >= 15 is 0 Å². The van der Waals surface area contributed by atoms with Gasteiger partial charge in [0.15, 0.2) is 0 Å². The Bertz CT molecular complexity index is 498. The van der Waals surface area contributed by atoms with Crippen LogP contribution in [-0.4, -0.2) is 24.2 Å². The molecule has 2 N–H and O–H groups in total. The first-order valence-corrected chi connectivity index (χ1v) is 7.48. The third kappa shape index (κ3) is 4.09. The van der Waals surface area contributed by atoms with Gasteiger partial charge in [0.05, 0.1) is 9.75 Å². The van der Waals surface area contributed by atoms with Gasteiger partial charge in [-0.3, -0.25) is 4.79 Å². The first-order chi connectivity index (χ1) is 9.19. The lowest BCUT2D eigenvalue weighted by Crippen LogP contribution is -2.27. The molecular weight excluding hydrogens is 258 g/mol. The molecule has 2 rings (SSSR count). The Balaban J connectivity index is 1.84. The highest BCUT2D eigenvalue weighted by atomic mass is 32.1. The summed E-state index contributed by atoms with van der Waals surface area (Å²) in [6.07, 6.45) is 3.72. The van der Waals surface area contributed by atoms with Crippen molar-refractivity contribution in [3.05, 3.63) is 21.9 Å². The number of carbonyl (C=O) groups is 1. The topological polar surface area (TPSA) is 49.3 Å². The van der Waals surface area contributed by atoms with Gasteiger partial charge in [-0.15, -0.1) is 11.3 Å². The third-order valence-corrected chi connectivity index (χ3v) is 4.47. The number of hydrogen-bond acceptors (Lipinski definition) is 3. The molecule has 0 saturated heterocycles. The summed E-state index contributed by atoms with van der Waals surface area (Å²) in [5.74, 6) is 6.81. The second-order valence-corrected chi connectivity index (χ2v) is 6.20. The van der Waals surface area contributed by atoms with E-state index in [0.29, 0.717) is 10.8 Å². The highest BCUT2D eigenvalue weighted by Crippen LogP contribution is 2.29. The molecular formula is C15H19NO2S. The summed E-state index contributed by atoms with van der Waals surface area (Å²) < 4.78 is 0. The average molecular weight is 277 g/mol. The molecule has 1 saturated carbocycles. The number of amides is 1. The van der Waals surface area contributed by atoms with E-state index < -0.39 is 0 Å². The molecule has 1 amide bonds. The molecule has 0 aliphatic heterocycles. The van der Waals surface area contributed by atoms with Crippen LogP contribution in [0.3, 0.4) is 0 Å². The van der Waals surface area contributed by atoms with Crippen molar-refractivity contribution in [3.8, 4) is 11.8 Å². The van der Waals surface area contributed by atoms with Crippen molar-refractivity contribution in [2.24, 2.45) is 11.8 Å². The van der Waals surface area contributed by atoms with Crippen LogP contribution in [0.2, 0.25) is 0 Å². The van der Waals surface area contributed by atoms with E-state index in [4.69, 9.17) is 5.11 Å². The predicted octanol–water partition coefficient (Wildman–Crippen LogP) is 2.26. The van der Waals surface area contributed by atoms with Gasteiger partial charge in [-0.2, -0.15) is 0 Å². The Hall–Kier alpha value is -1.31. The minimum atomic E-state index is -0.153. The lowest BCUT2D eigenvalue weighted by molar-refractivity contribution is 0.0951. The molecule has 1 aromatic heterocycles. The van der Waals surface area contributed by atoms with Crippen molar-refractivity contribution in [2.45, 2.75) is 26.2 Å². The van der Waals surface area contributed by atoms with Crippen LogP contribution >= 0.6 is 11.3 Å². The first-order valence-electron chi connectivity index (χ1n) is 6.66. The zero-order valence-electron chi connectivity index (χ0n) is 11.1. The van der Waals surface area contributed by atoms with Crippen molar-refractivity contribution in [1.82, 2.24) is 5.32 Å². The van der Waals surface area contributed by atoms with Crippen molar-refractivity contribution in [1.29, 1.82) is 0 Å². The highest BCUT2D eigenvalue weighted by molar-refractivity contribution is 7.14. The number of hydrogen-bond donors (Lipinski definition) is 2. The molecule has 1 fully saturated rings. The zero-order valence-corrected chi connectivity index (χ0v) is 11.9. The van der Waals surface area contributed by atoms with Gasteiger partial charge in [0.1, 0.15) is 6.61 Å². The van der Waals surface area contributed by atoms with Crippen molar-refractivity contribution < 1.29 is 9.90 Å². The number of carbonyl (C=O) groups excluding carboxylic acids is 1. The molecule has 0 bridgehead atoms. The van der Waals surface area contributed by atoms with Gasteiger partial charge in [-0.25, -0.2) is 0 Å². The maximum absolute atomic E-state index is 12.0. The van der Waals surface area contributed by atoms with Gasteiger partial charge < -0.3 is 10.4 Å². The quantitative estimate of drug-likeness (QED) is 0.833. The summed E-state index contributed by atoms with van der Waals surface area (Å²) in [7, 11) is 0. The molecule has 2 unspecified atom stereocenters. The monoisotopic (exact) mass is 277 g/mol. The molecule has 1 aromatic rings. The third-order valence-electron chi connectivity index (χ3n) is 3.48. The SMILES string of the molecule is CC1CCC(CNC(=O)c2ccc(C#CCO)s2)C1. The molecule has 0 spiro atoms. The first kappa shape index (κ1) is 14.1. The van der Waals surface area contributed by atoms with E-state index in [0.717, 1.165) is 17.3 Å². The minimum absolute atomic E-state index is 0.0124. The van der Waals surface area contributed by atoms with Crippen LogP contribution < -0.4 is 5.32 Å². The van der Waals surface area contributed by atoms with Crippen molar-refractivity contribution >= 4 is 17.2 Å². The Labute approximate surface area is 118 Å². The normalized spacial score (nSPS) is 21.8. The Morgan fingerprint density at radius 3 is 3.05 bits per heavy atom. The second kappa shape index (κ2) is 6.74. The smallest absolute Gasteiger partial charge is 0.261 e. The van der Waals surface area contributed by atoms with Gasteiger partial charge >= 0.3 is 0 Å². The Morgan fingerprint density at radius 2 is 2.37 bits per heavy atom. The van der Waals surface area contributed by atoms with Gasteiger partial charge in [-0.05, 0) is 36.8 Å². The van der Waals surface area contributed by atoms with Crippen LogP contribution in [0.25, 0.3) is 0 Å². The summed E-state index contributed by atoms with van der Waals surface area (Å²) in [6.45, 7) is 2.89. The van der Waals surface area contributed by atoms with Gasteiger partial charge in [0.25, 0.3) is 5.91 Å². The average Bonchev–Trinajstić information content (AvgIpc) is 3.02. The summed E-state index contributed by atoms with van der Waals surface area (Å²) in [5.41, 5.74) is 0. The van der Waals surface area contributed by atoms with Crippen molar-refractivity contribution in [3.63, 3.8) is 0 Å². The van der Waals surface area contributed by atoms with Crippen LogP contribution in [0.15, 0.2) is 12.1 Å². The molecule has 102 valence electrons. The van der Waals surface area contributed by atoms with Gasteiger partial charge in [0.2, 0.25) is 0 Å². The number of nitrogens with one attached hydrogen (secondary N) is 1. The van der Waals surface area contributed by atoms with Gasteiger partial charge in [-0.1, -0.05) is 25.2 Å². The predicted molar refractivity (Wildman–Crippen MR) is 77.1 cm³/mol. The summed E-state index contributed by atoms with van der Waals surface area (Å²) in [4.78, 5) is 13.5. The van der Waals surface area contributed by atoms with Gasteiger partial charge in [0, 0.05) is 6.54 Å². The highest BCUT2D eigenvalue weighted by Gasteiger charge is 2.21. The van der Waals surface area contributed by atoms with E-state index in [2.05, 4.69) is 24.1 Å². The van der Waals surface area contributed by atoms with Crippen LogP contribution in [0, 0.1) is 23.7 Å². The number of aliphatic hydroxyl groups excluding tert-OH is 1. The second-order valence-electron chi connectivity index (χ2n) is 5.12. The number of aliphatic hydroxyl groups is 1. The van der Waals surface area contributed by atoms with E-state index in [9.17, 15) is 4.79 Å². The largest absolute Gasteiger partial charge is 0.384 e. The Morgan fingerprint density at radius 1 is 1.53 bits per heavy atom. The molecule has 1 heterocycles. The fraction of sp³-hybridized carbons (Fsp3) is 0.533. The maximum atomic E-state index is 12.0. The maximum Gasteiger partial charge on any atom is 0.261 e. The number of thiophene rings is 1. The molecule has 3 nitrogen and oxygen atoms in total. The van der Waals surface area contributed by atoms with Crippen molar-refractivity contribution in [2.75, 3.05) is 13.2 Å². The summed E-state index contributed by atoms with van der Waals surface area (Å²) in [5, 5.41) is 11.6. The molecule has 4 heteroatoms. The van der Waals surface area contributed by atoms with Crippen LogP contribution in [-0.2, 0) is 0 Å². The van der Waals surface area contributed by atoms with E-state index in [1.807, 2.05) is 6.07 Å². The fourth-order valence-electron chi connectivity index (χ4n) is 2.49. The molecule has 1 aliphatic rings. The minimum Gasteiger partial charge on any atom is -0.384 e. The lowest BCUT2D eigenvalue weighted by atomic mass is 10.1. The molecule has 2 atom stereocenters. The molecule has 0 aromatic carbocycles. The Kier molecular flexibility index (Phi) is 5.00. The molecule has 0 radical (unpaired) electrons. The summed E-state index contributed by atoms with van der Waals surface area (Å²) in [6, 6.07) is 3.61. The standard InChI is InChI=1S/C15H19NO2S/c1-11-4-5-12(9-11)10-16-15(18)14-7-6-13(19-14)3-2-8-17/h6-7,11-12,17H,4-5,8-10H2,1H3,(H,16,18). The zero-order chi connectivity index (χ0) is 13.7. The van der Waals surface area contributed by atoms with Crippen LogP contribution in [0.4, 0.5) is 0 Å². The van der Waals surface area contributed by atoms with E-state index in [-0.39, 0.29) is 12.5 Å². The lowest BCUT2D eigenvalue weighted by Gasteiger charge is -2.10.